The number of nitrogens with zero attached hydrogens (tertiary/aromatic N) is 2. The van der Waals surface area contributed by atoms with Crippen molar-refractivity contribution >= 4 is 16.7 Å². The van der Waals surface area contributed by atoms with Gasteiger partial charge >= 0.3 is 5.69 Å². The normalized spacial score (nSPS) is 10.4. The van der Waals surface area contributed by atoms with Crippen LogP contribution in [-0.4, -0.2) is 4.92 Å². The Morgan fingerprint density at radius 1 is 1.03 bits per heavy atom. The van der Waals surface area contributed by atoms with Crippen molar-refractivity contribution in [1.82, 2.24) is 0 Å². The molecule has 3 aromatic carbocycles. The molecule has 0 unspecified atom stereocenters. The Morgan fingerprint density at radius 3 is 2.55 bits per heavy atom. The van der Waals surface area contributed by atoms with Crippen molar-refractivity contribution in [3.05, 3.63) is 98.9 Å². The molecule has 7 nitrogen and oxygen atoms in total. The van der Waals surface area contributed by atoms with Gasteiger partial charge in [0.2, 0.25) is 5.75 Å². The fourth-order valence-corrected chi connectivity index (χ4v) is 2.93. The van der Waals surface area contributed by atoms with Crippen LogP contribution in [0.25, 0.3) is 22.1 Å². The van der Waals surface area contributed by atoms with Crippen LogP contribution in [0.1, 0.15) is 5.56 Å². The molecule has 0 aliphatic rings. The summed E-state index contributed by atoms with van der Waals surface area (Å²) in [7, 11) is 0. The molecule has 0 spiro atoms. The molecule has 0 fully saturated rings. The molecule has 0 radical (unpaired) electrons. The lowest BCUT2D eigenvalue weighted by atomic mass is 10.1. The van der Waals surface area contributed by atoms with E-state index in [1.807, 2.05) is 36.4 Å². The van der Waals surface area contributed by atoms with E-state index >= 15 is 0 Å². The van der Waals surface area contributed by atoms with Gasteiger partial charge in [0.25, 0.3) is 0 Å². The highest BCUT2D eigenvalue weighted by Crippen LogP contribution is 2.33. The number of hydrogen-bond acceptors (Lipinski definition) is 6. The topological polar surface area (TPSA) is 106 Å². The summed E-state index contributed by atoms with van der Waals surface area (Å²) in [5.74, 6) is 0.169. The molecule has 0 N–H and O–H groups in total. The third-order valence-corrected chi connectivity index (χ3v) is 4.34. The summed E-state index contributed by atoms with van der Waals surface area (Å²) >= 11 is 0. The SMILES string of the molecule is N#Cc1ccc([N+](=O)[O-])c(Oc2ccc3c(=O)c(-c4ccccc4)coc3c2)c1. The zero-order chi connectivity index (χ0) is 20.4. The number of nitro groups is 1. The van der Waals surface area contributed by atoms with Crippen molar-refractivity contribution in [3.63, 3.8) is 0 Å². The second-order valence-electron chi connectivity index (χ2n) is 6.16. The molecular weight excluding hydrogens is 372 g/mol. The highest BCUT2D eigenvalue weighted by Gasteiger charge is 2.17. The molecule has 0 saturated carbocycles. The predicted octanol–water partition coefficient (Wildman–Crippen LogP) is 5.03. The molecule has 0 saturated heterocycles. The molecular formula is C22H12N2O5. The molecule has 4 rings (SSSR count). The highest BCUT2D eigenvalue weighted by atomic mass is 16.6. The largest absolute Gasteiger partial charge is 0.463 e. The second-order valence-corrected chi connectivity index (χ2v) is 6.16. The van der Waals surface area contributed by atoms with E-state index in [1.165, 1.54) is 36.6 Å². The molecule has 140 valence electrons. The van der Waals surface area contributed by atoms with E-state index in [4.69, 9.17) is 14.4 Å². The lowest BCUT2D eigenvalue weighted by molar-refractivity contribution is -0.385. The summed E-state index contributed by atoms with van der Waals surface area (Å²) in [6.07, 6.45) is 1.38. The van der Waals surface area contributed by atoms with Crippen LogP contribution >= 0.6 is 0 Å². The van der Waals surface area contributed by atoms with Crippen LogP contribution in [0.2, 0.25) is 0 Å². The van der Waals surface area contributed by atoms with Gasteiger partial charge in [0.05, 0.1) is 27.5 Å². The van der Waals surface area contributed by atoms with E-state index in [2.05, 4.69) is 0 Å². The first-order valence-electron chi connectivity index (χ1n) is 8.54. The fourth-order valence-electron chi connectivity index (χ4n) is 2.93. The van der Waals surface area contributed by atoms with Crippen LogP contribution in [0.4, 0.5) is 5.69 Å². The summed E-state index contributed by atoms with van der Waals surface area (Å²) in [4.78, 5) is 23.4. The standard InChI is InChI=1S/C22H12N2O5/c23-12-14-6-9-19(24(26)27)21(10-14)29-16-7-8-17-20(11-16)28-13-18(22(17)25)15-4-2-1-3-5-15/h1-11,13H. The van der Waals surface area contributed by atoms with Crippen LogP contribution in [0.15, 0.2) is 82.2 Å². The van der Waals surface area contributed by atoms with E-state index in [1.54, 1.807) is 6.07 Å². The van der Waals surface area contributed by atoms with Gasteiger partial charge < -0.3 is 9.15 Å². The Morgan fingerprint density at radius 2 is 1.83 bits per heavy atom. The Balaban J connectivity index is 1.75. The lowest BCUT2D eigenvalue weighted by Crippen LogP contribution is -2.04. The summed E-state index contributed by atoms with van der Waals surface area (Å²) in [5, 5.41) is 20.6. The summed E-state index contributed by atoms with van der Waals surface area (Å²) in [6.45, 7) is 0. The highest BCUT2D eigenvalue weighted by molar-refractivity contribution is 5.82. The van der Waals surface area contributed by atoms with Crippen molar-refractivity contribution in [3.8, 4) is 28.7 Å². The molecule has 0 aliphatic heterocycles. The minimum Gasteiger partial charge on any atom is -0.463 e. The average Bonchev–Trinajstić information content (AvgIpc) is 2.74. The van der Waals surface area contributed by atoms with Gasteiger partial charge in [-0.1, -0.05) is 30.3 Å². The average molecular weight is 384 g/mol. The number of hydrogen-bond donors (Lipinski definition) is 0. The molecule has 0 amide bonds. The summed E-state index contributed by atoms with van der Waals surface area (Å²) in [5.41, 5.74) is 1.22. The number of nitriles is 1. The van der Waals surface area contributed by atoms with E-state index < -0.39 is 4.92 Å². The van der Waals surface area contributed by atoms with Crippen molar-refractivity contribution in [2.75, 3.05) is 0 Å². The van der Waals surface area contributed by atoms with Crippen molar-refractivity contribution in [2.24, 2.45) is 0 Å². The third-order valence-electron chi connectivity index (χ3n) is 4.34. The first-order valence-corrected chi connectivity index (χ1v) is 8.54. The van der Waals surface area contributed by atoms with E-state index in [0.717, 1.165) is 5.56 Å². The van der Waals surface area contributed by atoms with Gasteiger partial charge in [-0.25, -0.2) is 0 Å². The first-order chi connectivity index (χ1) is 14.1. The van der Waals surface area contributed by atoms with E-state index in [-0.39, 0.29) is 33.8 Å². The maximum atomic E-state index is 12.8. The van der Waals surface area contributed by atoms with E-state index in [9.17, 15) is 14.9 Å². The second kappa shape index (κ2) is 7.29. The van der Waals surface area contributed by atoms with Gasteiger partial charge in [0.15, 0.2) is 5.43 Å². The maximum Gasteiger partial charge on any atom is 0.311 e. The van der Waals surface area contributed by atoms with Gasteiger partial charge in [-0.05, 0) is 23.8 Å². The number of benzene rings is 3. The van der Waals surface area contributed by atoms with Crippen LogP contribution in [0, 0.1) is 21.4 Å². The molecule has 1 heterocycles. The molecule has 4 aromatic rings. The predicted molar refractivity (Wildman–Crippen MR) is 106 cm³/mol. The third kappa shape index (κ3) is 3.42. The molecule has 0 aliphatic carbocycles. The van der Waals surface area contributed by atoms with Gasteiger partial charge in [-0.15, -0.1) is 0 Å². The summed E-state index contributed by atoms with van der Waals surface area (Å²) < 4.78 is 11.2. The van der Waals surface area contributed by atoms with Gasteiger partial charge in [0.1, 0.15) is 17.6 Å². The van der Waals surface area contributed by atoms with Gasteiger partial charge in [-0.3, -0.25) is 14.9 Å². The van der Waals surface area contributed by atoms with Crippen LogP contribution in [0.3, 0.4) is 0 Å². The monoisotopic (exact) mass is 384 g/mol. The van der Waals surface area contributed by atoms with E-state index in [0.29, 0.717) is 10.9 Å². The van der Waals surface area contributed by atoms with Gasteiger partial charge in [0, 0.05) is 18.2 Å². The van der Waals surface area contributed by atoms with Crippen LogP contribution in [-0.2, 0) is 0 Å². The minimum atomic E-state index is -0.593. The summed E-state index contributed by atoms with van der Waals surface area (Å²) in [6, 6.07) is 19.5. The van der Waals surface area contributed by atoms with Crippen molar-refractivity contribution in [1.29, 1.82) is 5.26 Å². The number of ether oxygens (including phenoxy) is 1. The van der Waals surface area contributed by atoms with Gasteiger partial charge in [-0.2, -0.15) is 5.26 Å². The smallest absolute Gasteiger partial charge is 0.311 e. The lowest BCUT2D eigenvalue weighted by Gasteiger charge is -2.08. The molecule has 29 heavy (non-hydrogen) atoms. The molecule has 7 heteroatoms. The van der Waals surface area contributed by atoms with Crippen LogP contribution < -0.4 is 10.2 Å². The number of nitro benzene ring substituents is 1. The fraction of sp³-hybridized carbons (Fsp3) is 0. The molecule has 1 aromatic heterocycles. The Bertz CT molecular complexity index is 1340. The number of fused-ring (bicyclic) bond motifs is 1. The Labute approximate surface area is 164 Å². The zero-order valence-electron chi connectivity index (χ0n) is 14.9. The molecule has 0 atom stereocenters. The zero-order valence-corrected chi connectivity index (χ0v) is 14.9. The number of rotatable bonds is 4. The van der Waals surface area contributed by atoms with Crippen molar-refractivity contribution < 1.29 is 14.1 Å². The quantitative estimate of drug-likeness (QED) is 0.361. The maximum absolute atomic E-state index is 12.8. The van der Waals surface area contributed by atoms with Crippen LogP contribution in [0.5, 0.6) is 11.5 Å². The minimum absolute atomic E-state index is 0.0725. The van der Waals surface area contributed by atoms with Crippen molar-refractivity contribution in [2.45, 2.75) is 0 Å². The first kappa shape index (κ1) is 17.9. The molecule has 0 bridgehead atoms. The Hall–Kier alpha value is -4.44. The Kier molecular flexibility index (Phi) is 4.51.